The second-order valence-corrected chi connectivity index (χ2v) is 5.66. The van der Waals surface area contributed by atoms with E-state index in [9.17, 15) is 14.7 Å². The number of benzene rings is 1. The third kappa shape index (κ3) is 3.47. The average Bonchev–Trinajstić information content (AvgIpc) is 2.73. The second kappa shape index (κ2) is 7.40. The minimum atomic E-state index is -0.827. The lowest BCUT2D eigenvalue weighted by Gasteiger charge is -2.24. The summed E-state index contributed by atoms with van der Waals surface area (Å²) in [6.07, 6.45) is 0.413. The monoisotopic (exact) mass is 306 g/mol. The first-order chi connectivity index (χ1) is 10.6. The van der Waals surface area contributed by atoms with Crippen LogP contribution >= 0.6 is 0 Å². The molecule has 0 bridgehead atoms. The molecule has 1 saturated carbocycles. The molecule has 5 heteroatoms. The van der Waals surface area contributed by atoms with Gasteiger partial charge in [-0.15, -0.1) is 0 Å². The van der Waals surface area contributed by atoms with Crippen molar-refractivity contribution < 1.29 is 24.2 Å². The molecule has 0 spiro atoms. The van der Waals surface area contributed by atoms with E-state index >= 15 is 0 Å². The quantitative estimate of drug-likeness (QED) is 0.682. The molecule has 2 rings (SSSR count). The van der Waals surface area contributed by atoms with Crippen molar-refractivity contribution in [3.05, 3.63) is 35.9 Å². The first-order valence-electron chi connectivity index (χ1n) is 7.47. The van der Waals surface area contributed by atoms with E-state index in [0.29, 0.717) is 19.3 Å². The number of aliphatic hydroxyl groups is 1. The summed E-state index contributed by atoms with van der Waals surface area (Å²) in [5.74, 6) is -1.85. The summed E-state index contributed by atoms with van der Waals surface area (Å²) in [6, 6.07) is 9.58. The van der Waals surface area contributed by atoms with E-state index in [-0.39, 0.29) is 17.8 Å². The zero-order valence-electron chi connectivity index (χ0n) is 12.9. The highest BCUT2D eigenvalue weighted by atomic mass is 16.5. The maximum atomic E-state index is 12.1. The molecule has 5 nitrogen and oxygen atoms in total. The van der Waals surface area contributed by atoms with Crippen LogP contribution in [0.25, 0.3) is 0 Å². The predicted octanol–water partition coefficient (Wildman–Crippen LogP) is 1.89. The molecular weight excluding hydrogens is 284 g/mol. The van der Waals surface area contributed by atoms with Crippen molar-refractivity contribution in [2.45, 2.75) is 31.3 Å². The fourth-order valence-electron chi connectivity index (χ4n) is 3.27. The van der Waals surface area contributed by atoms with Crippen LogP contribution in [0.15, 0.2) is 30.3 Å². The highest BCUT2D eigenvalue weighted by molar-refractivity contribution is 5.75. The predicted molar refractivity (Wildman–Crippen MR) is 80.1 cm³/mol. The van der Waals surface area contributed by atoms with Crippen molar-refractivity contribution >= 4 is 11.9 Å². The van der Waals surface area contributed by atoms with Gasteiger partial charge in [-0.2, -0.15) is 0 Å². The van der Waals surface area contributed by atoms with Crippen LogP contribution in [0.2, 0.25) is 0 Å². The van der Waals surface area contributed by atoms with E-state index in [1.54, 1.807) is 0 Å². The fraction of sp³-hybridized carbons (Fsp3) is 0.529. The number of carbonyl (C=O) groups excluding carboxylic acids is 2. The van der Waals surface area contributed by atoms with Crippen LogP contribution in [0.1, 0.15) is 30.7 Å². The Bertz CT molecular complexity index is 513. The van der Waals surface area contributed by atoms with E-state index in [0.717, 1.165) is 5.56 Å². The summed E-state index contributed by atoms with van der Waals surface area (Å²) < 4.78 is 9.68. The van der Waals surface area contributed by atoms with Crippen molar-refractivity contribution in [3.8, 4) is 0 Å². The van der Waals surface area contributed by atoms with E-state index in [2.05, 4.69) is 0 Å². The lowest BCUT2D eigenvalue weighted by atomic mass is 9.82. The third-order valence-electron chi connectivity index (χ3n) is 4.47. The number of aliphatic hydroxyl groups excluding tert-OH is 1. The zero-order valence-corrected chi connectivity index (χ0v) is 12.9. The number of hydrogen-bond acceptors (Lipinski definition) is 5. The van der Waals surface area contributed by atoms with Crippen LogP contribution < -0.4 is 0 Å². The normalized spacial score (nSPS) is 28.5. The van der Waals surface area contributed by atoms with Crippen molar-refractivity contribution in [1.82, 2.24) is 0 Å². The van der Waals surface area contributed by atoms with Gasteiger partial charge in [-0.25, -0.2) is 0 Å². The summed E-state index contributed by atoms with van der Waals surface area (Å²) in [7, 11) is 2.68. The standard InChI is InChI=1S/C17H22O5/c1-21-16(19)12-8-9-13(17(20)22-2)15(18)10-14(12)11-6-4-3-5-7-11/h3-7,12-15,18H,8-10H2,1-2H3/t12-,13+,14+,15+/m1/s1. The maximum absolute atomic E-state index is 12.1. The van der Waals surface area contributed by atoms with Crippen LogP contribution in [-0.4, -0.2) is 37.4 Å². The molecule has 1 aliphatic rings. The molecule has 0 heterocycles. The highest BCUT2D eigenvalue weighted by Gasteiger charge is 2.40. The van der Waals surface area contributed by atoms with Crippen LogP contribution in [0.5, 0.6) is 0 Å². The summed E-state index contributed by atoms with van der Waals surface area (Å²) >= 11 is 0. The van der Waals surface area contributed by atoms with Crippen LogP contribution in [0.4, 0.5) is 0 Å². The first kappa shape index (κ1) is 16.5. The van der Waals surface area contributed by atoms with Crippen molar-refractivity contribution in [1.29, 1.82) is 0 Å². The Hall–Kier alpha value is -1.88. The van der Waals surface area contributed by atoms with Gasteiger partial charge in [0, 0.05) is 0 Å². The number of ether oxygens (including phenoxy) is 2. The summed E-state index contributed by atoms with van der Waals surface area (Å²) in [4.78, 5) is 24.0. The molecule has 4 atom stereocenters. The van der Waals surface area contributed by atoms with Gasteiger partial charge in [0.15, 0.2) is 0 Å². The van der Waals surface area contributed by atoms with E-state index in [4.69, 9.17) is 9.47 Å². The molecule has 22 heavy (non-hydrogen) atoms. The van der Waals surface area contributed by atoms with Gasteiger partial charge in [-0.1, -0.05) is 30.3 Å². The minimum absolute atomic E-state index is 0.168. The number of rotatable bonds is 3. The zero-order chi connectivity index (χ0) is 16.1. The third-order valence-corrected chi connectivity index (χ3v) is 4.47. The Morgan fingerprint density at radius 3 is 2.14 bits per heavy atom. The number of methoxy groups -OCH3 is 2. The summed E-state index contributed by atoms with van der Waals surface area (Å²) in [5, 5.41) is 10.4. The molecule has 120 valence electrons. The van der Waals surface area contributed by atoms with Gasteiger partial charge in [-0.05, 0) is 30.7 Å². The Morgan fingerprint density at radius 2 is 1.55 bits per heavy atom. The molecule has 0 aliphatic heterocycles. The lowest BCUT2D eigenvalue weighted by Crippen LogP contribution is -2.29. The molecule has 1 N–H and O–H groups in total. The Morgan fingerprint density at radius 1 is 1.00 bits per heavy atom. The van der Waals surface area contributed by atoms with Gasteiger partial charge in [0.2, 0.25) is 0 Å². The Labute approximate surface area is 130 Å². The smallest absolute Gasteiger partial charge is 0.311 e. The SMILES string of the molecule is COC(=O)[C@H]1CC[C@@H](C(=O)OC)[C@H](c2ccccc2)C[C@@H]1O. The van der Waals surface area contributed by atoms with E-state index in [1.807, 2.05) is 30.3 Å². The van der Waals surface area contributed by atoms with Crippen LogP contribution in [0, 0.1) is 11.8 Å². The molecule has 1 aromatic rings. The fourth-order valence-corrected chi connectivity index (χ4v) is 3.27. The molecule has 0 unspecified atom stereocenters. The molecule has 0 aromatic heterocycles. The van der Waals surface area contributed by atoms with E-state index in [1.165, 1.54) is 14.2 Å². The first-order valence-corrected chi connectivity index (χ1v) is 7.47. The largest absolute Gasteiger partial charge is 0.469 e. The summed E-state index contributed by atoms with van der Waals surface area (Å²) in [5.41, 5.74) is 0.975. The molecule has 1 aliphatic carbocycles. The topological polar surface area (TPSA) is 72.8 Å². The van der Waals surface area contributed by atoms with Crippen molar-refractivity contribution in [2.24, 2.45) is 11.8 Å². The second-order valence-electron chi connectivity index (χ2n) is 5.66. The molecule has 1 aromatic carbocycles. The van der Waals surface area contributed by atoms with Gasteiger partial charge in [0.05, 0.1) is 32.2 Å². The Kier molecular flexibility index (Phi) is 5.55. The van der Waals surface area contributed by atoms with Gasteiger partial charge >= 0.3 is 11.9 Å². The van der Waals surface area contributed by atoms with E-state index < -0.39 is 18.0 Å². The number of esters is 2. The molecule has 1 fully saturated rings. The highest BCUT2D eigenvalue weighted by Crippen LogP contribution is 2.39. The minimum Gasteiger partial charge on any atom is -0.469 e. The molecule has 0 amide bonds. The summed E-state index contributed by atoms with van der Waals surface area (Å²) in [6.45, 7) is 0. The van der Waals surface area contributed by atoms with Crippen LogP contribution in [0.3, 0.4) is 0 Å². The van der Waals surface area contributed by atoms with Crippen LogP contribution in [-0.2, 0) is 19.1 Å². The van der Waals surface area contributed by atoms with Gasteiger partial charge < -0.3 is 14.6 Å². The molecule has 0 saturated heterocycles. The maximum Gasteiger partial charge on any atom is 0.311 e. The van der Waals surface area contributed by atoms with Gasteiger partial charge in [-0.3, -0.25) is 9.59 Å². The average molecular weight is 306 g/mol. The molecular formula is C17H22O5. The van der Waals surface area contributed by atoms with Gasteiger partial charge in [0.25, 0.3) is 0 Å². The number of hydrogen-bond donors (Lipinski definition) is 1. The van der Waals surface area contributed by atoms with Crippen molar-refractivity contribution in [2.75, 3.05) is 14.2 Å². The van der Waals surface area contributed by atoms with Crippen molar-refractivity contribution in [3.63, 3.8) is 0 Å². The lowest BCUT2D eigenvalue weighted by molar-refractivity contribution is -0.150. The van der Waals surface area contributed by atoms with Gasteiger partial charge in [0.1, 0.15) is 0 Å². The Balaban J connectivity index is 2.31. The number of carbonyl (C=O) groups is 2. The molecule has 0 radical (unpaired) electrons.